The number of nitrogens with two attached hydrogens (primary N) is 1. The maximum absolute atomic E-state index is 12.7. The number of anilines is 1. The summed E-state index contributed by atoms with van der Waals surface area (Å²) >= 11 is 0. The third kappa shape index (κ3) is 5.80. The molecule has 0 unspecified atom stereocenters. The van der Waals surface area contributed by atoms with E-state index in [1.807, 2.05) is 0 Å². The number of alkyl halides is 3. The van der Waals surface area contributed by atoms with Crippen molar-refractivity contribution in [3.8, 4) is 5.75 Å². The predicted molar refractivity (Wildman–Crippen MR) is 81.4 cm³/mol. The van der Waals surface area contributed by atoms with Crippen LogP contribution in [0.25, 0.3) is 0 Å². The first-order chi connectivity index (χ1) is 8.97. The van der Waals surface area contributed by atoms with Crippen molar-refractivity contribution in [2.24, 2.45) is 5.92 Å². The molecule has 8 heteroatoms. The van der Waals surface area contributed by atoms with E-state index in [4.69, 9.17) is 10.5 Å². The topological polar surface area (TPSA) is 47.3 Å². The van der Waals surface area contributed by atoms with Gasteiger partial charge in [0, 0.05) is 5.69 Å². The quantitative estimate of drug-likeness (QED) is 0.823. The fourth-order valence-corrected chi connectivity index (χ4v) is 2.13. The van der Waals surface area contributed by atoms with Gasteiger partial charge in [-0.1, -0.05) is 0 Å². The number of benzene rings is 1. The Morgan fingerprint density at radius 1 is 1.19 bits per heavy atom. The van der Waals surface area contributed by atoms with Crippen molar-refractivity contribution in [1.29, 1.82) is 0 Å². The van der Waals surface area contributed by atoms with Gasteiger partial charge in [-0.25, -0.2) is 0 Å². The van der Waals surface area contributed by atoms with Crippen LogP contribution in [0.4, 0.5) is 18.9 Å². The van der Waals surface area contributed by atoms with Crippen LogP contribution in [0.2, 0.25) is 0 Å². The molecule has 0 bridgehead atoms. The molecule has 122 valence electrons. The van der Waals surface area contributed by atoms with Crippen LogP contribution < -0.4 is 15.8 Å². The second kappa shape index (κ2) is 8.56. The minimum absolute atomic E-state index is 0. The van der Waals surface area contributed by atoms with E-state index < -0.39 is 11.7 Å². The molecule has 0 aliphatic carbocycles. The van der Waals surface area contributed by atoms with Crippen LogP contribution in [0.15, 0.2) is 18.2 Å². The van der Waals surface area contributed by atoms with E-state index in [0.717, 1.165) is 32.0 Å². The van der Waals surface area contributed by atoms with Crippen LogP contribution in [0, 0.1) is 5.92 Å². The van der Waals surface area contributed by atoms with E-state index in [2.05, 4.69) is 5.32 Å². The minimum atomic E-state index is -4.45. The maximum atomic E-state index is 12.7. The SMILES string of the molecule is Cl.Cl.Nc1ccc(OCC2CCNCC2)cc1C(F)(F)F. The molecule has 3 nitrogen and oxygen atoms in total. The molecule has 1 aromatic rings. The summed E-state index contributed by atoms with van der Waals surface area (Å²) in [6.45, 7) is 2.32. The van der Waals surface area contributed by atoms with Gasteiger partial charge in [0.05, 0.1) is 12.2 Å². The zero-order valence-corrected chi connectivity index (χ0v) is 12.9. The summed E-state index contributed by atoms with van der Waals surface area (Å²) in [6, 6.07) is 3.68. The van der Waals surface area contributed by atoms with Crippen LogP contribution in [0.3, 0.4) is 0 Å². The summed E-state index contributed by atoms with van der Waals surface area (Å²) in [4.78, 5) is 0. The van der Waals surface area contributed by atoms with Crippen LogP contribution in [0.1, 0.15) is 18.4 Å². The van der Waals surface area contributed by atoms with Gasteiger partial charge >= 0.3 is 6.18 Å². The Bertz CT molecular complexity index is 438. The third-order valence-corrected chi connectivity index (χ3v) is 3.27. The van der Waals surface area contributed by atoms with Gasteiger partial charge in [0.25, 0.3) is 0 Å². The first-order valence-corrected chi connectivity index (χ1v) is 6.27. The van der Waals surface area contributed by atoms with Gasteiger partial charge < -0.3 is 15.8 Å². The van der Waals surface area contributed by atoms with Gasteiger partial charge in [-0.2, -0.15) is 13.2 Å². The number of hydrogen-bond donors (Lipinski definition) is 2. The lowest BCUT2D eigenvalue weighted by molar-refractivity contribution is -0.137. The lowest BCUT2D eigenvalue weighted by Crippen LogP contribution is -2.30. The van der Waals surface area contributed by atoms with E-state index in [0.29, 0.717) is 12.5 Å². The molecular formula is C13H19Cl2F3N2O. The third-order valence-electron chi connectivity index (χ3n) is 3.27. The predicted octanol–water partition coefficient (Wildman–Crippen LogP) is 3.51. The molecule has 1 aliphatic rings. The molecule has 0 spiro atoms. The Morgan fingerprint density at radius 2 is 1.81 bits per heavy atom. The second-order valence-corrected chi connectivity index (χ2v) is 4.75. The van der Waals surface area contributed by atoms with Gasteiger partial charge in [0.1, 0.15) is 5.75 Å². The number of piperidine rings is 1. The van der Waals surface area contributed by atoms with Gasteiger partial charge in [0.2, 0.25) is 0 Å². The lowest BCUT2D eigenvalue weighted by atomic mass is 9.99. The summed E-state index contributed by atoms with van der Waals surface area (Å²) in [5.74, 6) is 0.619. The molecule has 0 radical (unpaired) electrons. The average molecular weight is 347 g/mol. The number of hydrogen-bond acceptors (Lipinski definition) is 3. The zero-order valence-electron chi connectivity index (χ0n) is 11.3. The van der Waals surface area contributed by atoms with E-state index >= 15 is 0 Å². The number of nitrogens with one attached hydrogen (secondary N) is 1. The smallest absolute Gasteiger partial charge is 0.418 e. The Hall–Kier alpha value is -0.850. The molecule has 21 heavy (non-hydrogen) atoms. The van der Waals surface area contributed by atoms with Crippen molar-refractivity contribution < 1.29 is 17.9 Å². The monoisotopic (exact) mass is 346 g/mol. The molecule has 2 rings (SSSR count). The van der Waals surface area contributed by atoms with Gasteiger partial charge in [-0.05, 0) is 50.0 Å². The Labute approximate surface area is 134 Å². The van der Waals surface area contributed by atoms with Crippen LogP contribution in [0.5, 0.6) is 5.75 Å². The fourth-order valence-electron chi connectivity index (χ4n) is 2.13. The molecule has 3 N–H and O–H groups in total. The maximum Gasteiger partial charge on any atom is 0.418 e. The summed E-state index contributed by atoms with van der Waals surface area (Å²) < 4.78 is 43.5. The van der Waals surface area contributed by atoms with E-state index in [9.17, 15) is 13.2 Å². The van der Waals surface area contributed by atoms with Crippen molar-refractivity contribution in [3.05, 3.63) is 23.8 Å². The minimum Gasteiger partial charge on any atom is -0.493 e. The van der Waals surface area contributed by atoms with E-state index in [1.54, 1.807) is 0 Å². The van der Waals surface area contributed by atoms with Crippen molar-refractivity contribution in [2.75, 3.05) is 25.4 Å². The molecular weight excluding hydrogens is 328 g/mol. The van der Waals surface area contributed by atoms with Crippen LogP contribution in [-0.4, -0.2) is 19.7 Å². The fraction of sp³-hybridized carbons (Fsp3) is 0.538. The Kier molecular flexibility index (Phi) is 8.21. The first-order valence-electron chi connectivity index (χ1n) is 6.27. The number of rotatable bonds is 3. The van der Waals surface area contributed by atoms with Crippen LogP contribution in [-0.2, 0) is 6.18 Å². The van der Waals surface area contributed by atoms with Gasteiger partial charge in [0.15, 0.2) is 0 Å². The number of halogens is 5. The average Bonchev–Trinajstić information content (AvgIpc) is 2.37. The highest BCUT2D eigenvalue weighted by atomic mass is 35.5. The molecule has 0 atom stereocenters. The van der Waals surface area contributed by atoms with E-state index in [-0.39, 0.29) is 36.3 Å². The normalized spacial score (nSPS) is 15.8. The largest absolute Gasteiger partial charge is 0.493 e. The highest BCUT2D eigenvalue weighted by molar-refractivity contribution is 5.85. The molecule has 0 amide bonds. The standard InChI is InChI=1S/C13H17F3N2O.2ClH/c14-13(15,16)11-7-10(1-2-12(11)17)19-8-9-3-5-18-6-4-9;;/h1-2,7,9,18H,3-6,8,17H2;2*1H. The van der Waals surface area contributed by atoms with Crippen molar-refractivity contribution in [3.63, 3.8) is 0 Å². The lowest BCUT2D eigenvalue weighted by Gasteiger charge is -2.23. The number of ether oxygens (including phenoxy) is 1. The Balaban J connectivity index is 0.00000200. The highest BCUT2D eigenvalue weighted by Gasteiger charge is 2.33. The zero-order chi connectivity index (χ0) is 13.9. The summed E-state index contributed by atoms with van der Waals surface area (Å²) in [5.41, 5.74) is 4.22. The second-order valence-electron chi connectivity index (χ2n) is 4.75. The molecule has 1 heterocycles. The first kappa shape index (κ1) is 20.1. The summed E-state index contributed by atoms with van der Waals surface area (Å²) in [5, 5.41) is 3.23. The number of nitrogen functional groups attached to an aromatic ring is 1. The highest BCUT2D eigenvalue weighted by Crippen LogP contribution is 2.35. The molecule has 1 saturated heterocycles. The molecule has 1 fully saturated rings. The molecule has 0 saturated carbocycles. The van der Waals surface area contributed by atoms with Crippen molar-refractivity contribution in [2.45, 2.75) is 19.0 Å². The van der Waals surface area contributed by atoms with Gasteiger partial charge in [-0.15, -0.1) is 24.8 Å². The van der Waals surface area contributed by atoms with E-state index in [1.165, 1.54) is 12.1 Å². The summed E-state index contributed by atoms with van der Waals surface area (Å²) in [6.07, 6.45) is -2.47. The van der Waals surface area contributed by atoms with Gasteiger partial charge in [-0.3, -0.25) is 0 Å². The Morgan fingerprint density at radius 3 is 2.38 bits per heavy atom. The van der Waals surface area contributed by atoms with Crippen molar-refractivity contribution in [1.82, 2.24) is 5.32 Å². The molecule has 1 aliphatic heterocycles. The summed E-state index contributed by atoms with van der Waals surface area (Å²) in [7, 11) is 0. The van der Waals surface area contributed by atoms with Crippen LogP contribution >= 0.6 is 24.8 Å². The molecule has 0 aromatic heterocycles. The van der Waals surface area contributed by atoms with Crippen molar-refractivity contribution >= 4 is 30.5 Å². The molecule has 1 aromatic carbocycles.